The molecule has 0 saturated carbocycles. The number of fused-ring (bicyclic) bond motifs is 1. The Morgan fingerprint density at radius 3 is 3.00 bits per heavy atom. The molecule has 0 saturated heterocycles. The van der Waals surface area contributed by atoms with Crippen molar-refractivity contribution in [2.45, 2.75) is 19.5 Å². The van der Waals surface area contributed by atoms with Gasteiger partial charge >= 0.3 is 0 Å². The molecule has 0 radical (unpaired) electrons. The summed E-state index contributed by atoms with van der Waals surface area (Å²) in [5.41, 5.74) is 1.12. The normalized spacial score (nSPS) is 14.1. The van der Waals surface area contributed by atoms with Crippen LogP contribution in [0, 0.1) is 0 Å². The molecule has 0 atom stereocenters. The van der Waals surface area contributed by atoms with Crippen molar-refractivity contribution in [3.63, 3.8) is 0 Å². The van der Waals surface area contributed by atoms with Crippen LogP contribution in [0.5, 0.6) is 11.5 Å². The Morgan fingerprint density at radius 1 is 1.25 bits per heavy atom. The summed E-state index contributed by atoms with van der Waals surface area (Å²) in [6, 6.07) is 6.03. The number of imidazole rings is 1. The number of rotatable bonds is 4. The molecular formula is C15H19N3O2. The van der Waals surface area contributed by atoms with Crippen LogP contribution < -0.4 is 14.8 Å². The molecular weight excluding hydrogens is 254 g/mol. The first-order chi connectivity index (χ1) is 9.84. The predicted octanol–water partition coefficient (Wildman–Crippen LogP) is 1.87. The zero-order valence-electron chi connectivity index (χ0n) is 11.6. The maximum absolute atomic E-state index is 5.81. The van der Waals surface area contributed by atoms with E-state index in [1.807, 2.05) is 36.1 Å². The number of para-hydroxylation sites is 1. The highest BCUT2D eigenvalue weighted by molar-refractivity contribution is 5.47. The fraction of sp³-hybridized carbons (Fsp3) is 0.400. The minimum Gasteiger partial charge on any atom is -0.490 e. The highest BCUT2D eigenvalue weighted by Gasteiger charge is 2.14. The summed E-state index contributed by atoms with van der Waals surface area (Å²) in [7, 11) is 2.00. The number of ether oxygens (including phenoxy) is 2. The van der Waals surface area contributed by atoms with Crippen LogP contribution in [-0.2, 0) is 20.1 Å². The summed E-state index contributed by atoms with van der Waals surface area (Å²) in [4.78, 5) is 4.29. The van der Waals surface area contributed by atoms with Gasteiger partial charge in [0.15, 0.2) is 11.5 Å². The highest BCUT2D eigenvalue weighted by atomic mass is 16.5. The number of aryl methyl sites for hydroxylation is 1. The zero-order chi connectivity index (χ0) is 13.8. The van der Waals surface area contributed by atoms with Crippen molar-refractivity contribution in [1.82, 2.24) is 14.9 Å². The molecule has 5 heteroatoms. The molecule has 3 rings (SSSR count). The quantitative estimate of drug-likeness (QED) is 0.924. The van der Waals surface area contributed by atoms with Crippen molar-refractivity contribution >= 4 is 0 Å². The van der Waals surface area contributed by atoms with Crippen molar-refractivity contribution in [3.05, 3.63) is 42.0 Å². The van der Waals surface area contributed by atoms with E-state index in [2.05, 4.69) is 16.4 Å². The lowest BCUT2D eigenvalue weighted by Crippen LogP contribution is -2.16. The van der Waals surface area contributed by atoms with Gasteiger partial charge < -0.3 is 19.4 Å². The third-order valence-electron chi connectivity index (χ3n) is 3.37. The first-order valence-electron chi connectivity index (χ1n) is 6.89. The van der Waals surface area contributed by atoms with Gasteiger partial charge in [-0.2, -0.15) is 0 Å². The Bertz CT molecular complexity index is 580. The second-order valence-electron chi connectivity index (χ2n) is 4.85. The van der Waals surface area contributed by atoms with Gasteiger partial charge in [-0.25, -0.2) is 4.98 Å². The summed E-state index contributed by atoms with van der Waals surface area (Å²) in [6.07, 6.45) is 4.68. The number of benzene rings is 1. The molecule has 0 amide bonds. The molecule has 1 aliphatic heterocycles. The van der Waals surface area contributed by atoms with Crippen LogP contribution in [0.2, 0.25) is 0 Å². The molecule has 106 valence electrons. The maximum atomic E-state index is 5.81. The van der Waals surface area contributed by atoms with E-state index in [0.717, 1.165) is 49.0 Å². The van der Waals surface area contributed by atoms with Crippen molar-refractivity contribution < 1.29 is 9.47 Å². The summed E-state index contributed by atoms with van der Waals surface area (Å²) in [6.45, 7) is 2.90. The third kappa shape index (κ3) is 2.77. The molecule has 2 aromatic rings. The van der Waals surface area contributed by atoms with E-state index in [4.69, 9.17) is 9.47 Å². The summed E-state index contributed by atoms with van der Waals surface area (Å²) < 4.78 is 13.5. The zero-order valence-corrected chi connectivity index (χ0v) is 11.6. The van der Waals surface area contributed by atoms with Crippen molar-refractivity contribution in [2.24, 2.45) is 7.05 Å². The van der Waals surface area contributed by atoms with Gasteiger partial charge in [0.2, 0.25) is 0 Å². The van der Waals surface area contributed by atoms with Crippen LogP contribution in [0.1, 0.15) is 17.8 Å². The number of aromatic nitrogens is 2. The number of hydrogen-bond donors (Lipinski definition) is 1. The second-order valence-corrected chi connectivity index (χ2v) is 4.85. The lowest BCUT2D eigenvalue weighted by atomic mass is 10.2. The molecule has 0 aliphatic carbocycles. The van der Waals surface area contributed by atoms with E-state index in [1.165, 1.54) is 0 Å². The van der Waals surface area contributed by atoms with E-state index in [1.54, 1.807) is 0 Å². The minimum absolute atomic E-state index is 0.712. The molecule has 5 nitrogen and oxygen atoms in total. The van der Waals surface area contributed by atoms with E-state index < -0.39 is 0 Å². The smallest absolute Gasteiger partial charge is 0.165 e. The molecule has 1 aromatic heterocycles. The summed E-state index contributed by atoms with van der Waals surface area (Å²) in [5, 5.41) is 3.40. The molecule has 1 N–H and O–H groups in total. The van der Waals surface area contributed by atoms with Gasteiger partial charge in [0.05, 0.1) is 19.8 Å². The lowest BCUT2D eigenvalue weighted by molar-refractivity contribution is 0.296. The van der Waals surface area contributed by atoms with Gasteiger partial charge in [-0.1, -0.05) is 12.1 Å². The third-order valence-corrected chi connectivity index (χ3v) is 3.37. The van der Waals surface area contributed by atoms with E-state index in [9.17, 15) is 0 Å². The molecule has 0 unspecified atom stereocenters. The van der Waals surface area contributed by atoms with Gasteiger partial charge in [-0.15, -0.1) is 0 Å². The van der Waals surface area contributed by atoms with Gasteiger partial charge in [-0.05, 0) is 6.07 Å². The topological polar surface area (TPSA) is 48.3 Å². The van der Waals surface area contributed by atoms with Gasteiger partial charge in [-0.3, -0.25) is 0 Å². The molecule has 20 heavy (non-hydrogen) atoms. The molecule has 2 heterocycles. The number of nitrogens with zero attached hydrogens (tertiary/aromatic N) is 2. The SMILES string of the molecule is Cn1ccnc1CNCc1cccc2c1OCCCO2. The van der Waals surface area contributed by atoms with E-state index >= 15 is 0 Å². The highest BCUT2D eigenvalue weighted by Crippen LogP contribution is 2.33. The largest absolute Gasteiger partial charge is 0.490 e. The Balaban J connectivity index is 1.67. The molecule has 0 spiro atoms. The average Bonchev–Trinajstić information content (AvgIpc) is 2.73. The molecule has 1 aliphatic rings. The lowest BCUT2D eigenvalue weighted by Gasteiger charge is -2.13. The van der Waals surface area contributed by atoms with Gasteiger partial charge in [0, 0.05) is 38.0 Å². The van der Waals surface area contributed by atoms with Crippen molar-refractivity contribution in [1.29, 1.82) is 0 Å². The van der Waals surface area contributed by atoms with Crippen LogP contribution in [0.3, 0.4) is 0 Å². The maximum Gasteiger partial charge on any atom is 0.165 e. The van der Waals surface area contributed by atoms with Crippen LogP contribution in [0.4, 0.5) is 0 Å². The molecule has 1 aromatic carbocycles. The van der Waals surface area contributed by atoms with Crippen LogP contribution in [-0.4, -0.2) is 22.8 Å². The monoisotopic (exact) mass is 273 g/mol. The Kier molecular flexibility index (Phi) is 3.87. The second kappa shape index (κ2) is 5.96. The van der Waals surface area contributed by atoms with Gasteiger partial charge in [0.1, 0.15) is 5.82 Å². The first-order valence-corrected chi connectivity index (χ1v) is 6.89. The fourth-order valence-electron chi connectivity index (χ4n) is 2.27. The van der Waals surface area contributed by atoms with E-state index in [-0.39, 0.29) is 0 Å². The standard InChI is InChI=1S/C15H19N3O2/c1-18-7-6-17-14(18)11-16-10-12-4-2-5-13-15(12)20-9-3-8-19-13/h2,4-7,16H,3,8-11H2,1H3. The van der Waals surface area contributed by atoms with Crippen molar-refractivity contribution in [2.75, 3.05) is 13.2 Å². The number of hydrogen-bond acceptors (Lipinski definition) is 4. The van der Waals surface area contributed by atoms with Crippen LogP contribution in [0.15, 0.2) is 30.6 Å². The first kappa shape index (κ1) is 13.0. The fourth-order valence-corrected chi connectivity index (χ4v) is 2.27. The minimum atomic E-state index is 0.712. The Morgan fingerprint density at radius 2 is 2.15 bits per heavy atom. The van der Waals surface area contributed by atoms with Gasteiger partial charge in [0.25, 0.3) is 0 Å². The summed E-state index contributed by atoms with van der Waals surface area (Å²) >= 11 is 0. The van der Waals surface area contributed by atoms with Crippen molar-refractivity contribution in [3.8, 4) is 11.5 Å². The molecule has 0 fully saturated rings. The Labute approximate surface area is 118 Å². The predicted molar refractivity (Wildman–Crippen MR) is 75.8 cm³/mol. The number of nitrogens with one attached hydrogen (secondary N) is 1. The Hall–Kier alpha value is -2.01. The average molecular weight is 273 g/mol. The van der Waals surface area contributed by atoms with Crippen LogP contribution in [0.25, 0.3) is 0 Å². The molecule has 0 bridgehead atoms. The van der Waals surface area contributed by atoms with Crippen LogP contribution >= 0.6 is 0 Å². The summed E-state index contributed by atoms with van der Waals surface area (Å²) in [5.74, 6) is 2.74. The van der Waals surface area contributed by atoms with E-state index in [0.29, 0.717) is 6.61 Å².